The highest BCUT2D eigenvalue weighted by atomic mass is 35.5. The predicted octanol–water partition coefficient (Wildman–Crippen LogP) is 2.39. The maximum atomic E-state index is 11.3. The highest BCUT2D eigenvalue weighted by Gasteiger charge is 2.45. The van der Waals surface area contributed by atoms with Crippen molar-refractivity contribution >= 4 is 17.6 Å². The molecule has 0 bridgehead atoms. The van der Waals surface area contributed by atoms with Crippen LogP contribution in [0.4, 0.5) is 0 Å². The zero-order chi connectivity index (χ0) is 12.6. The van der Waals surface area contributed by atoms with Crippen molar-refractivity contribution in [3.05, 3.63) is 28.8 Å². The van der Waals surface area contributed by atoms with Crippen LogP contribution in [-0.4, -0.2) is 21.8 Å². The van der Waals surface area contributed by atoms with Gasteiger partial charge < -0.3 is 14.9 Å². The molecule has 1 aromatic rings. The van der Waals surface area contributed by atoms with E-state index in [4.69, 9.17) is 16.3 Å². The van der Waals surface area contributed by atoms with Gasteiger partial charge in [0.25, 0.3) is 0 Å². The number of rotatable bonds is 2. The summed E-state index contributed by atoms with van der Waals surface area (Å²) >= 11 is 5.83. The van der Waals surface area contributed by atoms with Gasteiger partial charge in [0.15, 0.2) is 0 Å². The van der Waals surface area contributed by atoms with E-state index < -0.39 is 17.7 Å². The molecule has 0 aromatic heterocycles. The Bertz CT molecular complexity index is 460. The van der Waals surface area contributed by atoms with Crippen LogP contribution < -0.4 is 4.74 Å². The Balaban J connectivity index is 2.45. The van der Waals surface area contributed by atoms with E-state index in [2.05, 4.69) is 0 Å². The topological polar surface area (TPSA) is 66.8 Å². The van der Waals surface area contributed by atoms with Crippen LogP contribution in [0.2, 0.25) is 5.02 Å². The summed E-state index contributed by atoms with van der Waals surface area (Å²) in [5, 5.41) is 19.7. The molecule has 1 aliphatic rings. The fraction of sp³-hybridized carbons (Fsp3) is 0.417. The van der Waals surface area contributed by atoms with Crippen molar-refractivity contribution in [1.82, 2.24) is 0 Å². The molecule has 0 aliphatic carbocycles. The average molecular weight is 257 g/mol. The number of ether oxygens (including phenoxy) is 1. The molecule has 2 N–H and O–H groups in total. The van der Waals surface area contributed by atoms with Crippen LogP contribution in [0.3, 0.4) is 0 Å². The minimum Gasteiger partial charge on any atom is -0.478 e. The average Bonchev–Trinajstić information content (AvgIpc) is 2.29. The van der Waals surface area contributed by atoms with E-state index in [0.717, 1.165) is 0 Å². The van der Waals surface area contributed by atoms with E-state index in [9.17, 15) is 15.0 Å². The first-order chi connectivity index (χ1) is 7.98. The monoisotopic (exact) mass is 256 g/mol. The van der Waals surface area contributed by atoms with Crippen molar-refractivity contribution < 1.29 is 19.7 Å². The molecule has 0 radical (unpaired) electrons. The number of halogens is 1. The summed E-state index contributed by atoms with van der Waals surface area (Å²) in [6.45, 7) is 1.72. The number of carboxylic acid groups (broad SMARTS) is 1. The number of hydrogen-bond acceptors (Lipinski definition) is 3. The van der Waals surface area contributed by atoms with Gasteiger partial charge in [0.1, 0.15) is 5.75 Å². The van der Waals surface area contributed by atoms with Crippen LogP contribution in [0.5, 0.6) is 5.75 Å². The van der Waals surface area contributed by atoms with Crippen molar-refractivity contribution in [3.63, 3.8) is 0 Å². The second-order valence-corrected chi connectivity index (χ2v) is 4.59. The number of fused-ring (bicyclic) bond motifs is 1. The normalized spacial score (nSPS) is 27.1. The number of carbonyl (C=O) groups is 1. The van der Waals surface area contributed by atoms with Gasteiger partial charge in [0.2, 0.25) is 5.60 Å². The largest absolute Gasteiger partial charge is 0.478 e. The van der Waals surface area contributed by atoms with Crippen LogP contribution in [0, 0.1) is 0 Å². The minimum atomic E-state index is -1.35. The van der Waals surface area contributed by atoms with Gasteiger partial charge in [-0.3, -0.25) is 0 Å². The van der Waals surface area contributed by atoms with E-state index in [1.807, 2.05) is 0 Å². The first-order valence-corrected chi connectivity index (χ1v) is 5.76. The molecule has 2 rings (SSSR count). The van der Waals surface area contributed by atoms with Crippen molar-refractivity contribution in [3.8, 4) is 5.75 Å². The standard InChI is InChI=1S/C12H13ClO4/c1-2-12(11(15)16)6-9(14)8-5-7(13)3-4-10(8)17-12/h3-5,9,14H,2,6H2,1H3,(H,15,16). The Morgan fingerprint density at radius 3 is 2.94 bits per heavy atom. The van der Waals surface area contributed by atoms with Crippen LogP contribution in [0.15, 0.2) is 18.2 Å². The third kappa shape index (κ3) is 1.98. The number of hydrogen-bond donors (Lipinski definition) is 2. The Morgan fingerprint density at radius 1 is 1.65 bits per heavy atom. The Hall–Kier alpha value is -1.26. The molecule has 5 heteroatoms. The van der Waals surface area contributed by atoms with Gasteiger partial charge in [-0.1, -0.05) is 18.5 Å². The smallest absolute Gasteiger partial charge is 0.348 e. The van der Waals surface area contributed by atoms with Gasteiger partial charge in [-0.25, -0.2) is 4.79 Å². The summed E-state index contributed by atoms with van der Waals surface area (Å²) in [6, 6.07) is 4.80. The van der Waals surface area contributed by atoms with Gasteiger partial charge >= 0.3 is 5.97 Å². The second-order valence-electron chi connectivity index (χ2n) is 4.16. The molecule has 0 fully saturated rings. The quantitative estimate of drug-likeness (QED) is 0.853. The molecule has 2 unspecified atom stereocenters. The van der Waals surface area contributed by atoms with Crippen LogP contribution in [0.25, 0.3) is 0 Å². The summed E-state index contributed by atoms with van der Waals surface area (Å²) in [7, 11) is 0. The van der Waals surface area contributed by atoms with Gasteiger partial charge in [0, 0.05) is 17.0 Å². The van der Waals surface area contributed by atoms with E-state index in [0.29, 0.717) is 22.8 Å². The summed E-state index contributed by atoms with van der Waals surface area (Å²) in [5.74, 6) is -0.669. The summed E-state index contributed by atoms with van der Waals surface area (Å²) in [4.78, 5) is 11.3. The van der Waals surface area contributed by atoms with E-state index >= 15 is 0 Å². The molecule has 92 valence electrons. The van der Waals surface area contributed by atoms with Gasteiger partial charge in [-0.2, -0.15) is 0 Å². The Labute approximate surface area is 104 Å². The molecular formula is C12H13ClO4. The first-order valence-electron chi connectivity index (χ1n) is 5.38. The van der Waals surface area contributed by atoms with Crippen molar-refractivity contribution in [1.29, 1.82) is 0 Å². The molecule has 0 saturated heterocycles. The third-order valence-electron chi connectivity index (χ3n) is 3.12. The van der Waals surface area contributed by atoms with Gasteiger partial charge in [-0.05, 0) is 24.6 Å². The number of aliphatic hydroxyl groups excluding tert-OH is 1. The molecule has 0 saturated carbocycles. The highest BCUT2D eigenvalue weighted by Crippen LogP contribution is 2.42. The lowest BCUT2D eigenvalue weighted by Gasteiger charge is -2.36. The number of aliphatic hydroxyl groups is 1. The van der Waals surface area contributed by atoms with Crippen LogP contribution >= 0.6 is 11.6 Å². The van der Waals surface area contributed by atoms with Crippen LogP contribution in [0.1, 0.15) is 31.4 Å². The maximum absolute atomic E-state index is 11.3. The third-order valence-corrected chi connectivity index (χ3v) is 3.36. The van der Waals surface area contributed by atoms with E-state index in [1.54, 1.807) is 25.1 Å². The Morgan fingerprint density at radius 2 is 2.35 bits per heavy atom. The number of carboxylic acids is 1. The molecule has 0 amide bonds. The Kier molecular flexibility index (Phi) is 3.02. The molecule has 2 atom stereocenters. The fourth-order valence-electron chi connectivity index (χ4n) is 2.05. The lowest BCUT2D eigenvalue weighted by atomic mass is 9.87. The number of benzene rings is 1. The van der Waals surface area contributed by atoms with Crippen LogP contribution in [-0.2, 0) is 4.79 Å². The summed E-state index contributed by atoms with van der Waals surface area (Å²) in [5.41, 5.74) is -0.803. The van der Waals surface area contributed by atoms with Crippen molar-refractivity contribution in [2.75, 3.05) is 0 Å². The molecular weight excluding hydrogens is 244 g/mol. The molecule has 1 aliphatic heterocycles. The first kappa shape index (κ1) is 12.2. The molecule has 0 spiro atoms. The summed E-state index contributed by atoms with van der Waals surface area (Å²) in [6.07, 6.45) is -0.540. The van der Waals surface area contributed by atoms with Gasteiger partial charge in [-0.15, -0.1) is 0 Å². The predicted molar refractivity (Wildman–Crippen MR) is 62.3 cm³/mol. The lowest BCUT2D eigenvalue weighted by Crippen LogP contribution is -2.47. The molecule has 1 heterocycles. The maximum Gasteiger partial charge on any atom is 0.348 e. The summed E-state index contributed by atoms with van der Waals surface area (Å²) < 4.78 is 5.54. The number of aliphatic carboxylic acids is 1. The van der Waals surface area contributed by atoms with Crippen molar-refractivity contribution in [2.24, 2.45) is 0 Å². The minimum absolute atomic E-state index is 0.0339. The second kappa shape index (κ2) is 4.20. The van der Waals surface area contributed by atoms with E-state index in [1.165, 1.54) is 0 Å². The zero-order valence-corrected chi connectivity index (χ0v) is 10.1. The molecule has 4 nitrogen and oxygen atoms in total. The fourth-order valence-corrected chi connectivity index (χ4v) is 2.23. The van der Waals surface area contributed by atoms with Crippen molar-refractivity contribution in [2.45, 2.75) is 31.5 Å². The highest BCUT2D eigenvalue weighted by molar-refractivity contribution is 6.30. The van der Waals surface area contributed by atoms with Gasteiger partial charge in [0.05, 0.1) is 6.10 Å². The SMILES string of the molecule is CCC1(C(=O)O)CC(O)c2cc(Cl)ccc2O1. The zero-order valence-electron chi connectivity index (χ0n) is 9.31. The molecule has 1 aromatic carbocycles. The molecule has 17 heavy (non-hydrogen) atoms. The van der Waals surface area contributed by atoms with E-state index in [-0.39, 0.29) is 6.42 Å². The lowest BCUT2D eigenvalue weighted by molar-refractivity contribution is -0.160.